The van der Waals surface area contributed by atoms with Gasteiger partial charge in [-0.05, 0) is 27.1 Å². The number of hydrogen-bond donors (Lipinski definition) is 1. The summed E-state index contributed by atoms with van der Waals surface area (Å²) in [5.74, 6) is 0. The molecule has 0 aliphatic rings. The van der Waals surface area contributed by atoms with Crippen molar-refractivity contribution in [2.24, 2.45) is 0 Å². The number of nitro groups is 1. The van der Waals surface area contributed by atoms with Gasteiger partial charge in [-0.2, -0.15) is 13.2 Å². The fraction of sp³-hybridized carbons (Fsp3) is 0.500. The predicted octanol–water partition coefficient (Wildman–Crippen LogP) is 2.98. The lowest BCUT2D eigenvalue weighted by atomic mass is 10.1. The topological polar surface area (TPSA) is 58.4 Å². The molecule has 20 heavy (non-hydrogen) atoms. The fourth-order valence-corrected chi connectivity index (χ4v) is 1.87. The van der Waals surface area contributed by atoms with E-state index in [4.69, 9.17) is 0 Å². The van der Waals surface area contributed by atoms with E-state index in [1.165, 1.54) is 0 Å². The molecule has 0 fully saturated rings. The van der Waals surface area contributed by atoms with E-state index in [1.54, 1.807) is 21.0 Å². The quantitative estimate of drug-likeness (QED) is 0.669. The minimum absolute atomic E-state index is 0.155. The second kappa shape index (κ2) is 6.08. The second-order valence-corrected chi connectivity index (χ2v) is 4.79. The molecule has 0 amide bonds. The Morgan fingerprint density at radius 2 is 2.00 bits per heavy atom. The molecule has 8 heteroatoms. The van der Waals surface area contributed by atoms with E-state index in [0.717, 1.165) is 12.1 Å². The zero-order valence-electron chi connectivity index (χ0n) is 11.4. The summed E-state index contributed by atoms with van der Waals surface area (Å²) in [6.07, 6.45) is -4.65. The van der Waals surface area contributed by atoms with Crippen LogP contribution in [0.25, 0.3) is 0 Å². The van der Waals surface area contributed by atoms with E-state index in [2.05, 4.69) is 5.32 Å². The van der Waals surface area contributed by atoms with Crippen molar-refractivity contribution in [3.63, 3.8) is 0 Å². The molecule has 0 heterocycles. The molecule has 0 aliphatic carbocycles. The third kappa shape index (κ3) is 4.37. The van der Waals surface area contributed by atoms with Gasteiger partial charge in [-0.15, -0.1) is 0 Å². The van der Waals surface area contributed by atoms with Gasteiger partial charge in [0, 0.05) is 30.4 Å². The number of halogens is 3. The molecule has 1 atom stereocenters. The molecule has 0 aliphatic heterocycles. The number of benzene rings is 1. The van der Waals surface area contributed by atoms with Crippen LogP contribution >= 0.6 is 0 Å². The van der Waals surface area contributed by atoms with Gasteiger partial charge < -0.3 is 10.2 Å². The summed E-state index contributed by atoms with van der Waals surface area (Å²) in [4.78, 5) is 11.6. The van der Waals surface area contributed by atoms with Crippen LogP contribution in [0.5, 0.6) is 0 Å². The summed E-state index contributed by atoms with van der Waals surface area (Å²) < 4.78 is 38.8. The first kappa shape index (κ1) is 16.2. The second-order valence-electron chi connectivity index (χ2n) is 4.79. The maximum Gasteiger partial charge on any atom is 0.418 e. The van der Waals surface area contributed by atoms with Gasteiger partial charge in [0.1, 0.15) is 0 Å². The molecule has 0 saturated carbocycles. The molecule has 5 nitrogen and oxygen atoms in total. The smallest absolute Gasteiger partial charge is 0.381 e. The molecule has 1 aromatic carbocycles. The summed E-state index contributed by atoms with van der Waals surface area (Å²) in [5, 5.41) is 13.3. The van der Waals surface area contributed by atoms with Gasteiger partial charge in [-0.1, -0.05) is 0 Å². The number of anilines is 1. The van der Waals surface area contributed by atoms with E-state index in [1.807, 2.05) is 4.90 Å². The van der Waals surface area contributed by atoms with Crippen LogP contribution in [-0.2, 0) is 6.18 Å². The van der Waals surface area contributed by atoms with E-state index in [9.17, 15) is 23.3 Å². The SMILES string of the molecule is CC(CN(C)C)Nc1ccc([N+](=O)[O-])cc1C(F)(F)F. The number of rotatable bonds is 5. The normalized spacial score (nSPS) is 13.3. The zero-order chi connectivity index (χ0) is 15.5. The van der Waals surface area contributed by atoms with Crippen LogP contribution in [-0.4, -0.2) is 36.5 Å². The molecule has 0 bridgehead atoms. The lowest BCUT2D eigenvalue weighted by Gasteiger charge is -2.21. The van der Waals surface area contributed by atoms with Crippen LogP contribution in [0.15, 0.2) is 18.2 Å². The van der Waals surface area contributed by atoms with Crippen molar-refractivity contribution in [3.8, 4) is 0 Å². The molecule has 1 aromatic rings. The van der Waals surface area contributed by atoms with Gasteiger partial charge in [0.05, 0.1) is 10.5 Å². The van der Waals surface area contributed by atoms with Crippen LogP contribution in [0.1, 0.15) is 12.5 Å². The molecule has 0 aromatic heterocycles. The summed E-state index contributed by atoms with van der Waals surface area (Å²) in [7, 11) is 3.61. The van der Waals surface area contributed by atoms with E-state index >= 15 is 0 Å². The highest BCUT2D eigenvalue weighted by molar-refractivity contribution is 5.57. The van der Waals surface area contributed by atoms with Crippen molar-refractivity contribution >= 4 is 11.4 Å². The molecular weight excluding hydrogens is 275 g/mol. The van der Waals surface area contributed by atoms with Crippen LogP contribution in [0, 0.1) is 10.1 Å². The highest BCUT2D eigenvalue weighted by atomic mass is 19.4. The zero-order valence-corrected chi connectivity index (χ0v) is 11.4. The third-order valence-electron chi connectivity index (χ3n) is 2.56. The number of non-ortho nitro benzene ring substituents is 1. The summed E-state index contributed by atoms with van der Waals surface area (Å²) in [5.41, 5.74) is -1.77. The van der Waals surface area contributed by atoms with Crippen molar-refractivity contribution in [1.29, 1.82) is 0 Å². The Bertz CT molecular complexity index is 489. The van der Waals surface area contributed by atoms with E-state index in [0.29, 0.717) is 12.6 Å². The predicted molar refractivity (Wildman–Crippen MR) is 69.7 cm³/mol. The number of alkyl halides is 3. The Kier molecular flexibility index (Phi) is 4.93. The van der Waals surface area contributed by atoms with Gasteiger partial charge in [0.25, 0.3) is 5.69 Å². The maximum atomic E-state index is 12.9. The number of hydrogen-bond acceptors (Lipinski definition) is 4. The summed E-state index contributed by atoms with van der Waals surface area (Å²) in [6.45, 7) is 2.27. The Morgan fingerprint density at radius 3 is 2.45 bits per heavy atom. The average Bonchev–Trinajstić information content (AvgIpc) is 2.26. The average molecular weight is 291 g/mol. The van der Waals surface area contributed by atoms with Crippen LogP contribution in [0.3, 0.4) is 0 Å². The maximum absolute atomic E-state index is 12.9. The van der Waals surface area contributed by atoms with Crippen molar-refractivity contribution < 1.29 is 18.1 Å². The number of nitro benzene ring substituents is 1. The summed E-state index contributed by atoms with van der Waals surface area (Å²) in [6, 6.07) is 2.46. The van der Waals surface area contributed by atoms with E-state index in [-0.39, 0.29) is 11.7 Å². The first-order valence-corrected chi connectivity index (χ1v) is 5.88. The molecule has 112 valence electrons. The van der Waals surface area contributed by atoms with Gasteiger partial charge in [-0.25, -0.2) is 0 Å². The van der Waals surface area contributed by atoms with Crippen molar-refractivity contribution in [3.05, 3.63) is 33.9 Å². The molecule has 1 N–H and O–H groups in total. The molecule has 0 saturated heterocycles. The lowest BCUT2D eigenvalue weighted by molar-refractivity contribution is -0.385. The van der Waals surface area contributed by atoms with Gasteiger partial charge in [-0.3, -0.25) is 10.1 Å². The Balaban J connectivity index is 3.09. The molecule has 1 rings (SSSR count). The first-order valence-electron chi connectivity index (χ1n) is 5.88. The largest absolute Gasteiger partial charge is 0.418 e. The van der Waals surface area contributed by atoms with Crippen molar-refractivity contribution in [2.75, 3.05) is 26.0 Å². The number of likely N-dealkylation sites (N-methyl/N-ethyl adjacent to an activating group) is 1. The molecule has 0 spiro atoms. The first-order chi connectivity index (χ1) is 9.11. The van der Waals surface area contributed by atoms with Crippen LogP contribution in [0.4, 0.5) is 24.5 Å². The Morgan fingerprint density at radius 1 is 1.40 bits per heavy atom. The number of nitrogens with one attached hydrogen (secondary N) is 1. The van der Waals surface area contributed by atoms with Gasteiger partial charge in [0.15, 0.2) is 0 Å². The number of nitrogens with zero attached hydrogens (tertiary/aromatic N) is 2. The monoisotopic (exact) mass is 291 g/mol. The highest BCUT2D eigenvalue weighted by Crippen LogP contribution is 2.37. The van der Waals surface area contributed by atoms with Gasteiger partial charge >= 0.3 is 6.18 Å². The Hall–Kier alpha value is -1.83. The minimum atomic E-state index is -4.65. The Labute approximate surface area is 114 Å². The minimum Gasteiger partial charge on any atom is -0.381 e. The van der Waals surface area contributed by atoms with E-state index < -0.39 is 22.4 Å². The fourth-order valence-electron chi connectivity index (χ4n) is 1.87. The lowest BCUT2D eigenvalue weighted by Crippen LogP contribution is -2.30. The molecule has 1 unspecified atom stereocenters. The van der Waals surface area contributed by atoms with Crippen LogP contribution < -0.4 is 5.32 Å². The molecular formula is C12H16F3N3O2. The molecule has 0 radical (unpaired) electrons. The standard InChI is InChI=1S/C12H16F3N3O2/c1-8(7-17(2)3)16-11-5-4-9(18(19)20)6-10(11)12(13,14)15/h4-6,8,16H,7H2,1-3H3. The highest BCUT2D eigenvalue weighted by Gasteiger charge is 2.35. The summed E-state index contributed by atoms with van der Waals surface area (Å²) >= 11 is 0. The van der Waals surface area contributed by atoms with Crippen LogP contribution in [0.2, 0.25) is 0 Å². The van der Waals surface area contributed by atoms with Crippen molar-refractivity contribution in [1.82, 2.24) is 4.90 Å². The van der Waals surface area contributed by atoms with Crippen molar-refractivity contribution in [2.45, 2.75) is 19.1 Å². The third-order valence-corrected chi connectivity index (χ3v) is 2.56. The van der Waals surface area contributed by atoms with Gasteiger partial charge in [0.2, 0.25) is 0 Å².